The van der Waals surface area contributed by atoms with Crippen LogP contribution >= 0.6 is 29.2 Å². The number of aromatic amines is 3. The van der Waals surface area contributed by atoms with Gasteiger partial charge in [-0.25, -0.2) is 24.0 Å². The second-order valence-electron chi connectivity index (χ2n) is 25.8. The van der Waals surface area contributed by atoms with E-state index in [0.717, 1.165) is 35.2 Å². The van der Waals surface area contributed by atoms with E-state index in [1.165, 1.54) is 60.3 Å². The zero-order valence-electron chi connectivity index (χ0n) is 59.1. The van der Waals surface area contributed by atoms with Gasteiger partial charge in [-0.15, -0.1) is 0 Å². The highest BCUT2D eigenvalue weighted by molar-refractivity contribution is 8.32. The summed E-state index contributed by atoms with van der Waals surface area (Å²) in [6.07, 6.45) is -19.3. The molecule has 44 nitrogen and oxygen atoms in total. The molecule has 9 unspecified atom stereocenters. The summed E-state index contributed by atoms with van der Waals surface area (Å²) in [5.41, 5.74) is 5.84. The molecule has 50 heteroatoms. The van der Waals surface area contributed by atoms with Crippen LogP contribution in [0.1, 0.15) is 99.0 Å². The summed E-state index contributed by atoms with van der Waals surface area (Å²) < 4.78 is 145. The van der Waals surface area contributed by atoms with Crippen molar-refractivity contribution in [2.24, 2.45) is 0 Å². The van der Waals surface area contributed by atoms with Gasteiger partial charge >= 0.3 is 28.4 Å². The Morgan fingerprint density at radius 3 is 1.55 bits per heavy atom. The number of hydrogen-bond donors (Lipinski definition) is 6. The molecule has 5 fully saturated rings. The molecule has 5 aromatic heterocycles. The smallest absolute Gasteiger partial charge is 0.351 e. The Kier molecular flexibility index (Phi) is 27.5. The fraction of sp³-hybridized carbons (Fsp3) is 0.655. The van der Waals surface area contributed by atoms with Crippen LogP contribution in [0.5, 0.6) is 0 Å². The maximum atomic E-state index is 14.3. The molecule has 0 radical (unpaired) electrons. The Labute approximate surface area is 621 Å². The van der Waals surface area contributed by atoms with Gasteiger partial charge in [-0.3, -0.25) is 65.9 Å². The van der Waals surface area contributed by atoms with Crippen molar-refractivity contribution in [3.8, 4) is 0 Å². The van der Waals surface area contributed by atoms with Crippen LogP contribution in [0.4, 0.5) is 11.6 Å². The first-order valence-corrected chi connectivity index (χ1v) is 41.3. The maximum absolute atomic E-state index is 14.3. The summed E-state index contributed by atoms with van der Waals surface area (Å²) in [4.78, 5) is 158. The molecule has 8 N–H and O–H groups in total. The highest BCUT2D eigenvalue weighted by atomic mass is 32.7. The van der Waals surface area contributed by atoms with Crippen LogP contribution < -0.4 is 71.3 Å². The average molecular weight is 1650 g/mol. The van der Waals surface area contributed by atoms with E-state index in [9.17, 15) is 71.8 Å². The Morgan fingerprint density at radius 2 is 1.02 bits per heavy atom. The molecule has 10 rings (SSSR count). The highest BCUT2D eigenvalue weighted by Crippen LogP contribution is 2.53. The first kappa shape index (κ1) is 84.7. The summed E-state index contributed by atoms with van der Waals surface area (Å²) in [7, 11) is -9.83. The number of nitrogens with two attached hydrogens (primary N) is 2. The average Bonchev–Trinajstić information content (AvgIpc) is 1.64. The fourth-order valence-corrected chi connectivity index (χ4v) is 17.0. The van der Waals surface area contributed by atoms with Crippen molar-refractivity contribution >= 4 is 64.9 Å². The van der Waals surface area contributed by atoms with Crippen molar-refractivity contribution in [1.29, 1.82) is 0 Å². The number of hydrogen-bond acceptors (Lipinski definition) is 38. The minimum atomic E-state index is -5.64. The predicted octanol–water partition coefficient (Wildman–Crippen LogP) is -2.48. The number of H-pyrrole nitrogens is 3. The van der Waals surface area contributed by atoms with E-state index in [1.807, 2.05) is 0 Å². The number of aliphatic hydroxyl groups excluding tert-OH is 1. The molecule has 108 heavy (non-hydrogen) atoms. The van der Waals surface area contributed by atoms with E-state index < -0.39 is 224 Å². The van der Waals surface area contributed by atoms with E-state index in [4.69, 9.17) is 114 Å². The SMILES string of the molecule is CC[C@H]1O[C@@H](n2cc(C)c(=O)[nH]c2=O)CC1OP([O-])(=S)OC[C@H]1O[C@@H](n2cc(C)c(N)nc2=O)CC1OP(=O)([S-])OC[C@H](C)O[C@H]1C(OP(=O)([O-])OC[C@H](C)O[C@H]2C(OP(=O)([O-])OC[C@H]3O[C@@H](n4cc(C)c(N)nc4=O)[C@@H](OCCOC)C3O)CO[C@H]2n2cc(C)c(=O)[nH]c2=O)CO[C@H]1n1cc(C)c(=O)[nH]c1=O. The van der Waals surface area contributed by atoms with Crippen LogP contribution in [0.25, 0.3) is 0 Å². The van der Waals surface area contributed by atoms with Crippen molar-refractivity contribution < 1.29 is 112 Å². The van der Waals surface area contributed by atoms with Crippen LogP contribution in [-0.2, 0) is 117 Å². The number of phosphoric ester groups is 2. The van der Waals surface area contributed by atoms with Crippen molar-refractivity contribution in [2.75, 3.05) is 71.4 Å². The number of phosphoric acid groups is 2. The number of nitrogens with one attached hydrogen (secondary N) is 3. The fourth-order valence-electron chi connectivity index (χ4n) is 12.1. The zero-order chi connectivity index (χ0) is 78.8. The third-order valence-corrected chi connectivity index (χ3v) is 22.8. The third-order valence-electron chi connectivity index (χ3n) is 17.6. The molecular weight excluding hydrogens is 1560 g/mol. The molecule has 5 saturated heterocycles. The minimum Gasteiger partial charge on any atom is -0.780 e. The number of aliphatic hydroxyl groups is 1. The summed E-state index contributed by atoms with van der Waals surface area (Å²) >= 11 is 10.7. The van der Waals surface area contributed by atoms with Crippen molar-refractivity contribution in [3.05, 3.63) is 142 Å². The Balaban J connectivity index is 0.803. The van der Waals surface area contributed by atoms with Gasteiger partial charge in [0.05, 0.1) is 83.4 Å². The molecule has 10 heterocycles. The van der Waals surface area contributed by atoms with Gasteiger partial charge in [0.1, 0.15) is 79.6 Å². The normalized spacial score (nSPS) is 29.4. The molecule has 22 atom stereocenters. The lowest BCUT2D eigenvalue weighted by Gasteiger charge is -2.34. The van der Waals surface area contributed by atoms with Crippen molar-refractivity contribution in [2.45, 2.75) is 185 Å². The Hall–Kier alpha value is -5.75. The van der Waals surface area contributed by atoms with E-state index in [0.29, 0.717) is 17.5 Å². The monoisotopic (exact) mass is 1640 g/mol. The molecule has 0 aromatic carbocycles. The van der Waals surface area contributed by atoms with Gasteiger partial charge < -0.3 is 122 Å². The number of rotatable bonds is 34. The molecule has 0 bridgehead atoms. The Bertz CT molecular complexity index is 4790. The van der Waals surface area contributed by atoms with Gasteiger partial charge in [-0.1, -0.05) is 18.7 Å². The first-order valence-electron chi connectivity index (χ1n) is 33.3. The van der Waals surface area contributed by atoms with E-state index >= 15 is 0 Å². The van der Waals surface area contributed by atoms with Gasteiger partial charge in [0.25, 0.3) is 32.3 Å². The van der Waals surface area contributed by atoms with E-state index in [1.54, 1.807) is 20.8 Å². The van der Waals surface area contributed by atoms with Crippen LogP contribution in [0, 0.1) is 34.6 Å². The van der Waals surface area contributed by atoms with Crippen LogP contribution in [0.3, 0.4) is 0 Å². The van der Waals surface area contributed by atoms with Gasteiger partial charge in [0, 0.05) is 78.8 Å². The third kappa shape index (κ3) is 20.5. The lowest BCUT2D eigenvalue weighted by molar-refractivity contribution is -0.238. The number of nitrogens with zero attached hydrogens (tertiary/aromatic N) is 7. The summed E-state index contributed by atoms with van der Waals surface area (Å²) in [6.45, 7) is -2.37. The lowest BCUT2D eigenvalue weighted by atomic mass is 10.1. The van der Waals surface area contributed by atoms with Gasteiger partial charge in [0.15, 0.2) is 25.5 Å². The number of aromatic nitrogens is 10. The minimum absolute atomic E-state index is 0.00562. The summed E-state index contributed by atoms with van der Waals surface area (Å²) in [5, 5.41) is 11.4. The van der Waals surface area contributed by atoms with Gasteiger partial charge in [-0.05, 0) is 54.9 Å². The first-order chi connectivity index (χ1) is 50.7. The molecule has 5 aromatic rings. The van der Waals surface area contributed by atoms with Crippen LogP contribution in [-0.4, -0.2) is 192 Å². The molecule has 0 aliphatic carbocycles. The topological polar surface area (TPSA) is 584 Å². The highest BCUT2D eigenvalue weighted by Gasteiger charge is 2.50. The molecule has 5 aliphatic rings. The zero-order valence-corrected chi connectivity index (χ0v) is 64.3. The number of anilines is 2. The number of aryl methyl sites for hydroxylation is 5. The second kappa shape index (κ2) is 35.1. The molecule has 0 saturated carbocycles. The maximum Gasteiger partial charge on any atom is 0.351 e. The van der Waals surface area contributed by atoms with Crippen molar-refractivity contribution in [3.63, 3.8) is 0 Å². The lowest BCUT2D eigenvalue weighted by Crippen LogP contribution is -2.42. The van der Waals surface area contributed by atoms with E-state index in [-0.39, 0.29) is 54.4 Å². The van der Waals surface area contributed by atoms with Gasteiger partial charge in [-0.2, -0.15) is 9.97 Å². The molecule has 600 valence electrons. The largest absolute Gasteiger partial charge is 0.780 e. The van der Waals surface area contributed by atoms with Crippen LogP contribution in [0.15, 0.2) is 69.3 Å². The van der Waals surface area contributed by atoms with Crippen LogP contribution in [0.2, 0.25) is 0 Å². The molecule has 5 aliphatic heterocycles. The summed E-state index contributed by atoms with van der Waals surface area (Å²) in [6, 6.07) is 0. The molecular formula is C58H80N12O32P4S2-4. The second-order valence-corrected chi connectivity index (χ2v) is 33.9. The number of ether oxygens (including phenoxy) is 9. The standard InChI is InChI=1S/C58H84N12O32P4S2/c1-10-33-34(13-40(96-33)67-17-28(4)48(72)63-56(67)77)101-106(85,108)93-24-36-35(14-41(97-36)66-15-26(2)46(59)61-54(66)75)102-105(84,107)92-21-32(8)95-44-38(22-88-52(44)69-19-30(6)50(74)65-58(69)79)99-103(80,81)90-20-31(7)94-43-39(23-89-51(43)68-18-29(5)49(73)64-57(68)78)100-104(82,83)91-25-37-42(71)45(87-12-11-86-9)53(98-37)70-16-27(3)47(60)62-55(70)76/h15-19,31-45,51-53,71H,10-14,20-25H2,1-9H3,(H,80,81)(H,82,83)(H,84,107)(H,85,108)(H2,59,61,75)(H2,60,62,76)(H,63,72,77)(H,64,73,78)(H,65,74,79)/p-4/t31-,32-,33+,34?,35?,36+,37+,38?,39?,40+,41+,42?,43-,44-,45-,51+,52+,53+,105?,106?/m0/s1. The summed E-state index contributed by atoms with van der Waals surface area (Å²) in [5.74, 6) is -0.170. The van der Waals surface area contributed by atoms with Gasteiger partial charge in [0.2, 0.25) is 0 Å². The number of methoxy groups -OCH3 is 1. The van der Waals surface area contributed by atoms with E-state index in [2.05, 4.69) is 24.9 Å². The number of nitrogen functional groups attached to an aromatic ring is 2. The van der Waals surface area contributed by atoms with Crippen molar-refractivity contribution in [1.82, 2.24) is 47.8 Å². The predicted molar refractivity (Wildman–Crippen MR) is 369 cm³/mol. The quantitative estimate of drug-likeness (QED) is 0.0141. The molecule has 0 spiro atoms. The molecule has 0 amide bonds. The Morgan fingerprint density at radius 1 is 0.574 bits per heavy atom.